The number of rotatable bonds is 10. The zero-order valence-corrected chi connectivity index (χ0v) is 19.9. The summed E-state index contributed by atoms with van der Waals surface area (Å²) in [6.45, 7) is 2.59. The number of nitrogens with zero attached hydrogens (tertiary/aromatic N) is 2. The summed E-state index contributed by atoms with van der Waals surface area (Å²) in [6, 6.07) is 10.1. The first-order chi connectivity index (χ1) is 16.7. The van der Waals surface area contributed by atoms with Crippen molar-refractivity contribution in [2.45, 2.75) is 32.5 Å². The zero-order chi connectivity index (χ0) is 25.5. The molecule has 11 heteroatoms. The molecule has 35 heavy (non-hydrogen) atoms. The molecule has 4 N–H and O–H groups in total. The minimum Gasteiger partial charge on any atom is -0.488 e. The molecule has 0 aliphatic rings. The van der Waals surface area contributed by atoms with Crippen LogP contribution in [0.15, 0.2) is 53.5 Å². The molecule has 1 amide bonds. The lowest BCUT2D eigenvalue weighted by atomic mass is 10.2. The van der Waals surface area contributed by atoms with Crippen LogP contribution in [0.2, 0.25) is 5.02 Å². The normalized spacial score (nSPS) is 11.1. The van der Waals surface area contributed by atoms with E-state index >= 15 is 0 Å². The highest BCUT2D eigenvalue weighted by Crippen LogP contribution is 2.24. The average Bonchev–Trinajstić information content (AvgIpc) is 2.82. The van der Waals surface area contributed by atoms with Crippen molar-refractivity contribution in [1.82, 2.24) is 14.9 Å². The Kier molecular flexibility index (Phi) is 8.80. The summed E-state index contributed by atoms with van der Waals surface area (Å²) in [7, 11) is 0. The van der Waals surface area contributed by atoms with Gasteiger partial charge in [-0.05, 0) is 43.7 Å². The Hall–Kier alpha value is -3.47. The number of hydrogen-bond acceptors (Lipinski definition) is 7. The second-order valence-electron chi connectivity index (χ2n) is 7.99. The van der Waals surface area contributed by atoms with Crippen LogP contribution in [0.4, 0.5) is 16.0 Å². The third kappa shape index (κ3) is 6.78. The molecule has 0 bridgehead atoms. The summed E-state index contributed by atoms with van der Waals surface area (Å²) >= 11 is 5.95. The van der Waals surface area contributed by atoms with Crippen LogP contribution in [0, 0.1) is 5.82 Å². The molecule has 0 fully saturated rings. The highest BCUT2D eigenvalue weighted by Gasteiger charge is 2.20. The van der Waals surface area contributed by atoms with E-state index in [4.69, 9.17) is 16.3 Å². The van der Waals surface area contributed by atoms with E-state index in [1.54, 1.807) is 44.2 Å². The zero-order valence-electron chi connectivity index (χ0n) is 19.2. The van der Waals surface area contributed by atoms with Gasteiger partial charge in [-0.1, -0.05) is 23.7 Å². The highest BCUT2D eigenvalue weighted by atomic mass is 35.5. The van der Waals surface area contributed by atoms with E-state index in [9.17, 15) is 24.2 Å². The summed E-state index contributed by atoms with van der Waals surface area (Å²) in [5.41, 5.74) is 0.0515. The van der Waals surface area contributed by atoms with Crippen LogP contribution in [0.25, 0.3) is 0 Å². The lowest BCUT2D eigenvalue weighted by Crippen LogP contribution is -2.43. The van der Waals surface area contributed by atoms with Gasteiger partial charge in [-0.2, -0.15) is 0 Å². The summed E-state index contributed by atoms with van der Waals surface area (Å²) < 4.78 is 21.1. The van der Waals surface area contributed by atoms with Gasteiger partial charge in [0, 0.05) is 23.0 Å². The minimum atomic E-state index is -0.932. The Morgan fingerprint density at radius 1 is 1.17 bits per heavy atom. The van der Waals surface area contributed by atoms with Crippen LogP contribution in [0.1, 0.15) is 29.8 Å². The van der Waals surface area contributed by atoms with Gasteiger partial charge in [0.2, 0.25) is 5.95 Å². The van der Waals surface area contributed by atoms with Crippen molar-refractivity contribution < 1.29 is 24.1 Å². The Morgan fingerprint density at radius 3 is 2.46 bits per heavy atom. The number of carbonyl (C=O) groups is 1. The number of benzene rings is 2. The van der Waals surface area contributed by atoms with Crippen LogP contribution >= 0.6 is 11.6 Å². The summed E-state index contributed by atoms with van der Waals surface area (Å²) in [6.07, 6.45) is 0.876. The van der Waals surface area contributed by atoms with Crippen molar-refractivity contribution in [1.29, 1.82) is 0 Å². The van der Waals surface area contributed by atoms with E-state index in [2.05, 4.69) is 15.6 Å². The Labute approximate surface area is 206 Å². The topological polar surface area (TPSA) is 126 Å². The Bertz CT molecular complexity index is 1230. The monoisotopic (exact) mass is 504 g/mol. The van der Waals surface area contributed by atoms with Gasteiger partial charge in [-0.3, -0.25) is 14.2 Å². The van der Waals surface area contributed by atoms with E-state index in [1.165, 1.54) is 16.7 Å². The first-order valence-corrected chi connectivity index (χ1v) is 11.2. The van der Waals surface area contributed by atoms with Gasteiger partial charge >= 0.3 is 0 Å². The second kappa shape index (κ2) is 11.8. The molecule has 9 nitrogen and oxygen atoms in total. The largest absolute Gasteiger partial charge is 0.488 e. The van der Waals surface area contributed by atoms with Crippen molar-refractivity contribution in [3.8, 4) is 5.75 Å². The van der Waals surface area contributed by atoms with Crippen molar-refractivity contribution in [3.63, 3.8) is 0 Å². The van der Waals surface area contributed by atoms with E-state index < -0.39 is 36.5 Å². The predicted octanol–water partition coefficient (Wildman–Crippen LogP) is 2.70. The number of halogens is 2. The molecular weight excluding hydrogens is 479 g/mol. The molecular formula is C24H26ClFN4O5. The predicted molar refractivity (Wildman–Crippen MR) is 130 cm³/mol. The molecule has 2 aromatic carbocycles. The van der Waals surface area contributed by atoms with Crippen LogP contribution in [0.5, 0.6) is 5.75 Å². The SMILES string of the molecule is CC(C)Oc1ccc(Nc2ncc(C(=O)NC(CO)CO)c(=O)n2Cc2ccc(Cl)cc2)cc1F. The quantitative estimate of drug-likeness (QED) is 0.334. The molecule has 0 spiro atoms. The minimum absolute atomic E-state index is 0.0346. The molecule has 0 saturated heterocycles. The molecule has 0 radical (unpaired) electrons. The maximum Gasteiger partial charge on any atom is 0.268 e. The number of aromatic nitrogens is 2. The molecule has 3 rings (SSSR count). The van der Waals surface area contributed by atoms with Crippen LogP contribution < -0.4 is 20.9 Å². The Morgan fingerprint density at radius 2 is 1.86 bits per heavy atom. The molecule has 186 valence electrons. The van der Waals surface area contributed by atoms with Crippen molar-refractivity contribution in [2.75, 3.05) is 18.5 Å². The van der Waals surface area contributed by atoms with Crippen LogP contribution in [-0.4, -0.2) is 51.0 Å². The summed E-state index contributed by atoms with van der Waals surface area (Å²) in [5.74, 6) is -1.23. The molecule has 0 unspecified atom stereocenters. The number of nitrogens with one attached hydrogen (secondary N) is 2. The van der Waals surface area contributed by atoms with Gasteiger partial charge in [0.05, 0.1) is 31.9 Å². The average molecular weight is 505 g/mol. The molecule has 0 aliphatic carbocycles. The first-order valence-electron chi connectivity index (χ1n) is 10.8. The van der Waals surface area contributed by atoms with E-state index in [0.29, 0.717) is 16.3 Å². The Balaban J connectivity index is 1.99. The number of ether oxygens (including phenoxy) is 1. The van der Waals surface area contributed by atoms with E-state index in [-0.39, 0.29) is 29.9 Å². The van der Waals surface area contributed by atoms with Crippen molar-refractivity contribution in [3.05, 3.63) is 81.0 Å². The third-order valence-corrected chi connectivity index (χ3v) is 5.12. The van der Waals surface area contributed by atoms with Gasteiger partial charge in [0.15, 0.2) is 11.6 Å². The number of hydrogen-bond donors (Lipinski definition) is 4. The van der Waals surface area contributed by atoms with Gasteiger partial charge in [-0.25, -0.2) is 9.37 Å². The fraction of sp³-hybridized carbons (Fsp3) is 0.292. The van der Waals surface area contributed by atoms with E-state index in [1.807, 2.05) is 0 Å². The number of aliphatic hydroxyl groups excluding tert-OH is 2. The molecule has 1 heterocycles. The van der Waals surface area contributed by atoms with E-state index in [0.717, 1.165) is 6.20 Å². The number of anilines is 2. The van der Waals surface area contributed by atoms with Crippen LogP contribution in [0.3, 0.4) is 0 Å². The maximum atomic E-state index is 14.5. The lowest BCUT2D eigenvalue weighted by molar-refractivity contribution is 0.0877. The van der Waals surface area contributed by atoms with Gasteiger partial charge < -0.3 is 25.6 Å². The van der Waals surface area contributed by atoms with Crippen LogP contribution in [-0.2, 0) is 6.54 Å². The lowest BCUT2D eigenvalue weighted by Gasteiger charge is -2.17. The van der Waals surface area contributed by atoms with Gasteiger partial charge in [-0.15, -0.1) is 0 Å². The molecule has 0 aliphatic heterocycles. The number of amides is 1. The van der Waals surface area contributed by atoms with Crippen molar-refractivity contribution >= 4 is 29.1 Å². The standard InChI is InChI=1S/C24H26ClFN4O5/c1-14(2)35-21-8-7-17(9-20(21)26)29-24-27-10-19(22(33)28-18(12-31)13-32)23(34)30(24)11-15-3-5-16(25)6-4-15/h3-10,14,18,31-32H,11-13H2,1-2H3,(H,27,29)(H,28,33). The smallest absolute Gasteiger partial charge is 0.268 e. The fourth-order valence-electron chi connectivity index (χ4n) is 3.14. The van der Waals surface area contributed by atoms with Gasteiger partial charge in [0.25, 0.3) is 11.5 Å². The highest BCUT2D eigenvalue weighted by molar-refractivity contribution is 6.30. The molecule has 0 saturated carbocycles. The van der Waals surface area contributed by atoms with Gasteiger partial charge in [0.1, 0.15) is 5.56 Å². The number of aliphatic hydroxyl groups is 2. The maximum absolute atomic E-state index is 14.5. The van der Waals surface area contributed by atoms with Crippen molar-refractivity contribution in [2.24, 2.45) is 0 Å². The summed E-state index contributed by atoms with van der Waals surface area (Å²) in [5, 5.41) is 24.3. The first kappa shape index (κ1) is 26.1. The third-order valence-electron chi connectivity index (χ3n) is 4.87. The molecule has 1 aromatic heterocycles. The summed E-state index contributed by atoms with van der Waals surface area (Å²) in [4.78, 5) is 30.1. The number of carbonyl (C=O) groups excluding carboxylic acids is 1. The fourth-order valence-corrected chi connectivity index (χ4v) is 3.26. The second-order valence-corrected chi connectivity index (χ2v) is 8.42. The molecule has 0 atom stereocenters. The molecule has 3 aromatic rings.